The molecule has 2 rings (SSSR count). The van der Waals surface area contributed by atoms with E-state index in [-0.39, 0.29) is 17.2 Å². The molecule has 0 saturated carbocycles. The molecule has 7 heteroatoms. The Hall–Kier alpha value is -2.02. The highest BCUT2D eigenvalue weighted by Gasteiger charge is 2.13. The molecule has 2 aromatic rings. The quantitative estimate of drug-likeness (QED) is 0.920. The minimum absolute atomic E-state index is 0.204. The Morgan fingerprint density at radius 2 is 2.19 bits per heavy atom. The third kappa shape index (κ3) is 3.75. The summed E-state index contributed by atoms with van der Waals surface area (Å²) in [4.78, 5) is 28.1. The van der Waals surface area contributed by atoms with Crippen molar-refractivity contribution >= 4 is 22.4 Å². The van der Waals surface area contributed by atoms with Crippen LogP contribution in [0.3, 0.4) is 0 Å². The Labute approximate surface area is 126 Å². The van der Waals surface area contributed by atoms with Crippen molar-refractivity contribution in [3.8, 4) is 0 Å². The second-order valence-corrected chi connectivity index (χ2v) is 5.82. The third-order valence-corrected chi connectivity index (χ3v) is 3.64. The van der Waals surface area contributed by atoms with Gasteiger partial charge in [0.25, 0.3) is 11.5 Å². The van der Waals surface area contributed by atoms with Gasteiger partial charge in [0.05, 0.1) is 5.69 Å². The van der Waals surface area contributed by atoms with Crippen LogP contribution in [-0.2, 0) is 6.54 Å². The van der Waals surface area contributed by atoms with Crippen LogP contribution in [-0.4, -0.2) is 20.7 Å². The Kier molecular flexibility index (Phi) is 4.85. The van der Waals surface area contributed by atoms with Crippen LogP contribution >= 0.6 is 11.3 Å². The third-order valence-electron chi connectivity index (χ3n) is 2.87. The molecule has 0 bridgehead atoms. The van der Waals surface area contributed by atoms with Crippen LogP contribution in [0.2, 0.25) is 0 Å². The maximum Gasteiger partial charge on any atom is 0.277 e. The van der Waals surface area contributed by atoms with E-state index >= 15 is 0 Å². The number of nitrogens with one attached hydrogen (secondary N) is 1. The second-order valence-electron chi connectivity index (χ2n) is 4.97. The smallest absolute Gasteiger partial charge is 0.277 e. The molecule has 0 unspecified atom stereocenters. The molecular weight excluding hydrogens is 288 g/mol. The topological polar surface area (TPSA) is 76.9 Å². The maximum atomic E-state index is 12.1. The van der Waals surface area contributed by atoms with Crippen LogP contribution in [0, 0.1) is 0 Å². The van der Waals surface area contributed by atoms with Crippen LogP contribution in [0.1, 0.15) is 49.3 Å². The van der Waals surface area contributed by atoms with Crippen LogP contribution in [0.5, 0.6) is 0 Å². The van der Waals surface area contributed by atoms with E-state index in [4.69, 9.17) is 0 Å². The average molecular weight is 306 g/mol. The number of rotatable bonds is 5. The molecule has 0 aliphatic heterocycles. The zero-order chi connectivity index (χ0) is 15.4. The van der Waals surface area contributed by atoms with Gasteiger partial charge in [0.1, 0.15) is 5.69 Å². The van der Waals surface area contributed by atoms with Crippen molar-refractivity contribution in [2.45, 2.75) is 39.7 Å². The van der Waals surface area contributed by atoms with Crippen LogP contribution < -0.4 is 10.9 Å². The van der Waals surface area contributed by atoms with Crippen molar-refractivity contribution in [3.63, 3.8) is 0 Å². The summed E-state index contributed by atoms with van der Waals surface area (Å²) >= 11 is 1.38. The lowest BCUT2D eigenvalue weighted by Gasteiger charge is -2.05. The summed E-state index contributed by atoms with van der Waals surface area (Å²) in [5.41, 5.74) is 0.952. The van der Waals surface area contributed by atoms with Gasteiger partial charge in [0.2, 0.25) is 0 Å². The molecule has 0 fully saturated rings. The fourth-order valence-corrected chi connectivity index (χ4v) is 2.58. The summed E-state index contributed by atoms with van der Waals surface area (Å²) in [6, 6.07) is 2.79. The molecule has 2 heterocycles. The van der Waals surface area contributed by atoms with E-state index in [0.717, 1.165) is 12.1 Å². The van der Waals surface area contributed by atoms with Gasteiger partial charge in [-0.1, -0.05) is 20.8 Å². The summed E-state index contributed by atoms with van der Waals surface area (Å²) in [6.45, 7) is 6.53. The monoisotopic (exact) mass is 306 g/mol. The van der Waals surface area contributed by atoms with E-state index in [9.17, 15) is 9.59 Å². The lowest BCUT2D eigenvalue weighted by Crippen LogP contribution is -2.26. The summed E-state index contributed by atoms with van der Waals surface area (Å²) in [7, 11) is 0. The molecule has 1 N–H and O–H groups in total. The number of hydrogen-bond acceptors (Lipinski definition) is 5. The Morgan fingerprint density at radius 1 is 1.43 bits per heavy atom. The number of hydrogen-bond donors (Lipinski definition) is 1. The first-order chi connectivity index (χ1) is 10.0. The number of aromatic nitrogens is 3. The SMILES string of the molecule is CCCn1nc(C(=O)Nc2nc(C(C)C)cs2)ccc1=O. The van der Waals surface area contributed by atoms with E-state index in [2.05, 4.69) is 15.4 Å². The van der Waals surface area contributed by atoms with Gasteiger partial charge in [-0.3, -0.25) is 14.9 Å². The highest BCUT2D eigenvalue weighted by atomic mass is 32.1. The van der Waals surface area contributed by atoms with E-state index < -0.39 is 0 Å². The number of thiazole rings is 1. The van der Waals surface area contributed by atoms with E-state index in [1.807, 2.05) is 26.2 Å². The van der Waals surface area contributed by atoms with Gasteiger partial charge >= 0.3 is 0 Å². The zero-order valence-electron chi connectivity index (χ0n) is 12.3. The van der Waals surface area contributed by atoms with E-state index in [1.54, 1.807) is 0 Å². The first kappa shape index (κ1) is 15.4. The largest absolute Gasteiger partial charge is 0.296 e. The molecule has 21 heavy (non-hydrogen) atoms. The number of carbonyl (C=O) groups is 1. The normalized spacial score (nSPS) is 10.9. The molecule has 6 nitrogen and oxygen atoms in total. The first-order valence-electron chi connectivity index (χ1n) is 6.86. The summed E-state index contributed by atoms with van der Waals surface area (Å²) in [6.07, 6.45) is 0.780. The number of nitrogens with zero attached hydrogens (tertiary/aromatic N) is 3. The highest BCUT2D eigenvalue weighted by molar-refractivity contribution is 7.14. The number of aryl methyl sites for hydroxylation is 1. The number of carbonyl (C=O) groups excluding carboxylic acids is 1. The Balaban J connectivity index is 2.16. The van der Waals surface area contributed by atoms with Crippen LogP contribution in [0.4, 0.5) is 5.13 Å². The van der Waals surface area contributed by atoms with E-state index in [0.29, 0.717) is 17.6 Å². The van der Waals surface area contributed by atoms with Gasteiger partial charge in [-0.05, 0) is 18.4 Å². The molecule has 112 valence electrons. The molecule has 0 atom stereocenters. The number of amides is 1. The minimum atomic E-state index is -0.357. The predicted octanol–water partition coefficient (Wildman–Crippen LogP) is 2.49. The van der Waals surface area contributed by atoms with Gasteiger partial charge in [-0.25, -0.2) is 9.67 Å². The second kappa shape index (κ2) is 6.62. The first-order valence-corrected chi connectivity index (χ1v) is 7.74. The predicted molar refractivity (Wildman–Crippen MR) is 82.9 cm³/mol. The van der Waals surface area contributed by atoms with Crippen molar-refractivity contribution in [3.05, 3.63) is 39.3 Å². The van der Waals surface area contributed by atoms with E-state index in [1.165, 1.54) is 28.2 Å². The van der Waals surface area contributed by atoms with Crippen LogP contribution in [0.25, 0.3) is 0 Å². The lowest BCUT2D eigenvalue weighted by molar-refractivity contribution is 0.101. The Morgan fingerprint density at radius 3 is 2.81 bits per heavy atom. The molecule has 2 aromatic heterocycles. The van der Waals surface area contributed by atoms with Gasteiger partial charge < -0.3 is 0 Å². The molecule has 0 spiro atoms. The summed E-state index contributed by atoms with van der Waals surface area (Å²) in [5.74, 6) is -0.0407. The summed E-state index contributed by atoms with van der Waals surface area (Å²) in [5, 5.41) is 9.24. The fraction of sp³-hybridized carbons (Fsp3) is 0.429. The molecule has 0 aliphatic carbocycles. The summed E-state index contributed by atoms with van der Waals surface area (Å²) < 4.78 is 1.30. The van der Waals surface area contributed by atoms with Crippen molar-refractivity contribution in [1.29, 1.82) is 0 Å². The number of anilines is 1. The average Bonchev–Trinajstić information content (AvgIpc) is 2.90. The van der Waals surface area contributed by atoms with Gasteiger partial charge in [0, 0.05) is 18.0 Å². The zero-order valence-corrected chi connectivity index (χ0v) is 13.1. The standard InChI is InChI=1S/C14H18N4O2S/c1-4-7-18-12(19)6-5-10(17-18)13(20)16-14-15-11(8-21-14)9(2)3/h5-6,8-9H,4,7H2,1-3H3,(H,15,16,20). The molecule has 0 saturated heterocycles. The van der Waals surface area contributed by atoms with Crippen molar-refractivity contribution in [2.75, 3.05) is 5.32 Å². The van der Waals surface area contributed by atoms with Gasteiger partial charge in [-0.2, -0.15) is 5.10 Å². The maximum absolute atomic E-state index is 12.1. The van der Waals surface area contributed by atoms with Crippen molar-refractivity contribution in [1.82, 2.24) is 14.8 Å². The Bertz CT molecular complexity index is 690. The molecule has 0 aromatic carbocycles. The van der Waals surface area contributed by atoms with Crippen LogP contribution in [0.15, 0.2) is 22.3 Å². The highest BCUT2D eigenvalue weighted by Crippen LogP contribution is 2.21. The lowest BCUT2D eigenvalue weighted by atomic mass is 10.2. The van der Waals surface area contributed by atoms with Crippen molar-refractivity contribution < 1.29 is 4.79 Å². The molecular formula is C14H18N4O2S. The van der Waals surface area contributed by atoms with Gasteiger partial charge in [-0.15, -0.1) is 11.3 Å². The molecule has 1 amide bonds. The molecule has 0 aliphatic rings. The van der Waals surface area contributed by atoms with Crippen molar-refractivity contribution in [2.24, 2.45) is 0 Å². The fourth-order valence-electron chi connectivity index (χ4n) is 1.71. The molecule has 0 radical (unpaired) electrons. The van der Waals surface area contributed by atoms with Gasteiger partial charge in [0.15, 0.2) is 5.13 Å². The minimum Gasteiger partial charge on any atom is -0.296 e.